The Bertz CT molecular complexity index is 450. The van der Waals surface area contributed by atoms with E-state index in [0.29, 0.717) is 24.6 Å². The molecule has 0 radical (unpaired) electrons. The number of carboxylic acid groups (broad SMARTS) is 1. The third-order valence-corrected chi connectivity index (χ3v) is 3.50. The van der Waals surface area contributed by atoms with Crippen molar-refractivity contribution in [3.05, 3.63) is 34.3 Å². The molecule has 1 fully saturated rings. The van der Waals surface area contributed by atoms with Crippen LogP contribution < -0.4 is 5.32 Å². The van der Waals surface area contributed by atoms with Crippen LogP contribution in [0, 0.1) is 5.92 Å². The number of aliphatic carboxylic acids is 1. The van der Waals surface area contributed by atoms with Crippen LogP contribution in [0.2, 0.25) is 5.02 Å². The number of carbonyl (C=O) groups is 1. The Hall–Kier alpha value is -1.10. The van der Waals surface area contributed by atoms with E-state index in [4.69, 9.17) is 21.4 Å². The third-order valence-electron chi connectivity index (χ3n) is 3.26. The second-order valence-electron chi connectivity index (χ2n) is 4.51. The highest BCUT2D eigenvalue weighted by Crippen LogP contribution is 2.31. The molecule has 2 N–H and O–H groups in total. The summed E-state index contributed by atoms with van der Waals surface area (Å²) in [4.78, 5) is 11.0. The highest BCUT2D eigenvalue weighted by atomic mass is 35.5. The first-order chi connectivity index (χ1) is 8.61. The summed E-state index contributed by atoms with van der Waals surface area (Å²) in [6.45, 7) is 1.00. The van der Waals surface area contributed by atoms with Crippen LogP contribution in [0.25, 0.3) is 0 Å². The molecule has 18 heavy (non-hydrogen) atoms. The van der Waals surface area contributed by atoms with E-state index in [1.807, 2.05) is 18.2 Å². The van der Waals surface area contributed by atoms with Gasteiger partial charge in [0.2, 0.25) is 0 Å². The Labute approximate surface area is 111 Å². The van der Waals surface area contributed by atoms with Crippen molar-refractivity contribution in [1.29, 1.82) is 0 Å². The van der Waals surface area contributed by atoms with E-state index in [0.717, 1.165) is 11.1 Å². The molecular formula is C13H16ClNO3. The minimum absolute atomic E-state index is 0.0370. The second-order valence-corrected chi connectivity index (χ2v) is 4.94. The van der Waals surface area contributed by atoms with Crippen molar-refractivity contribution in [3.63, 3.8) is 0 Å². The van der Waals surface area contributed by atoms with Gasteiger partial charge in [0.05, 0.1) is 12.5 Å². The summed E-state index contributed by atoms with van der Waals surface area (Å²) in [5.74, 6) is -1.08. The number of halogens is 1. The standard InChI is InChI=1S/C13H16ClNO3/c1-18-7-8-2-3-10(14)5-11(8)12-4-9(6-15-12)13(16)17/h2-3,5,9,12,15H,4,6-7H2,1H3,(H,16,17). The van der Waals surface area contributed by atoms with E-state index in [9.17, 15) is 4.79 Å². The Balaban J connectivity index is 2.22. The van der Waals surface area contributed by atoms with Crippen LogP contribution in [0.1, 0.15) is 23.6 Å². The van der Waals surface area contributed by atoms with Crippen LogP contribution in [0.5, 0.6) is 0 Å². The van der Waals surface area contributed by atoms with Gasteiger partial charge in [-0.2, -0.15) is 0 Å². The maximum atomic E-state index is 11.0. The minimum atomic E-state index is -0.750. The maximum absolute atomic E-state index is 11.0. The Morgan fingerprint density at radius 3 is 3.00 bits per heavy atom. The topological polar surface area (TPSA) is 58.6 Å². The molecule has 0 spiro atoms. The van der Waals surface area contributed by atoms with Gasteiger partial charge in [-0.15, -0.1) is 0 Å². The van der Waals surface area contributed by atoms with Crippen LogP contribution >= 0.6 is 11.6 Å². The van der Waals surface area contributed by atoms with E-state index in [-0.39, 0.29) is 12.0 Å². The lowest BCUT2D eigenvalue weighted by Gasteiger charge is -2.16. The van der Waals surface area contributed by atoms with Crippen LogP contribution in [-0.4, -0.2) is 24.7 Å². The van der Waals surface area contributed by atoms with Gasteiger partial charge in [0.15, 0.2) is 0 Å². The Kier molecular flexibility index (Phi) is 4.22. The molecule has 1 heterocycles. The third kappa shape index (κ3) is 2.83. The largest absolute Gasteiger partial charge is 0.481 e. The van der Waals surface area contributed by atoms with Gasteiger partial charge in [0.25, 0.3) is 0 Å². The summed E-state index contributed by atoms with van der Waals surface area (Å²) in [6, 6.07) is 5.67. The first kappa shape index (κ1) is 13.3. The molecule has 0 amide bonds. The molecule has 2 unspecified atom stereocenters. The van der Waals surface area contributed by atoms with Gasteiger partial charge < -0.3 is 15.2 Å². The number of hydrogen-bond acceptors (Lipinski definition) is 3. The molecule has 0 aliphatic carbocycles. The minimum Gasteiger partial charge on any atom is -0.481 e. The fraction of sp³-hybridized carbons (Fsp3) is 0.462. The fourth-order valence-corrected chi connectivity index (χ4v) is 2.52. The van der Waals surface area contributed by atoms with Crippen molar-refractivity contribution < 1.29 is 14.6 Å². The molecule has 5 heteroatoms. The van der Waals surface area contributed by atoms with E-state index in [2.05, 4.69) is 5.32 Å². The quantitative estimate of drug-likeness (QED) is 0.880. The van der Waals surface area contributed by atoms with Crippen molar-refractivity contribution in [3.8, 4) is 0 Å². The van der Waals surface area contributed by atoms with Gasteiger partial charge in [-0.3, -0.25) is 4.79 Å². The molecule has 98 valence electrons. The van der Waals surface area contributed by atoms with Crippen molar-refractivity contribution in [1.82, 2.24) is 5.32 Å². The first-order valence-electron chi connectivity index (χ1n) is 5.85. The molecule has 0 saturated carbocycles. The highest BCUT2D eigenvalue weighted by Gasteiger charge is 2.31. The molecule has 1 aliphatic heterocycles. The fourth-order valence-electron chi connectivity index (χ4n) is 2.34. The van der Waals surface area contributed by atoms with Gasteiger partial charge in [-0.05, 0) is 29.7 Å². The smallest absolute Gasteiger partial charge is 0.307 e. The molecule has 1 saturated heterocycles. The molecule has 0 bridgehead atoms. The van der Waals surface area contributed by atoms with Gasteiger partial charge in [0.1, 0.15) is 0 Å². The maximum Gasteiger partial charge on any atom is 0.307 e. The zero-order valence-electron chi connectivity index (χ0n) is 10.1. The lowest BCUT2D eigenvalue weighted by molar-refractivity contribution is -0.141. The van der Waals surface area contributed by atoms with Gasteiger partial charge in [0, 0.05) is 24.7 Å². The number of nitrogens with one attached hydrogen (secondary N) is 1. The van der Waals surface area contributed by atoms with Crippen molar-refractivity contribution in [2.24, 2.45) is 5.92 Å². The SMILES string of the molecule is COCc1ccc(Cl)cc1C1CC(C(=O)O)CN1. The number of benzene rings is 1. The van der Waals surface area contributed by atoms with Crippen molar-refractivity contribution in [2.45, 2.75) is 19.1 Å². The molecule has 2 rings (SSSR count). The summed E-state index contributed by atoms with van der Waals surface area (Å²) in [7, 11) is 1.64. The van der Waals surface area contributed by atoms with Crippen molar-refractivity contribution in [2.75, 3.05) is 13.7 Å². The molecule has 0 aromatic heterocycles. The predicted molar refractivity (Wildman–Crippen MR) is 68.7 cm³/mol. The molecule has 1 aromatic carbocycles. The predicted octanol–water partition coefficient (Wildman–Crippen LogP) is 2.22. The molecule has 1 aromatic rings. The molecular weight excluding hydrogens is 254 g/mol. The van der Waals surface area contributed by atoms with E-state index in [1.165, 1.54) is 0 Å². The van der Waals surface area contributed by atoms with Gasteiger partial charge >= 0.3 is 5.97 Å². The molecule has 4 nitrogen and oxygen atoms in total. The number of hydrogen-bond donors (Lipinski definition) is 2. The molecule has 1 aliphatic rings. The number of rotatable bonds is 4. The van der Waals surface area contributed by atoms with Crippen LogP contribution in [0.15, 0.2) is 18.2 Å². The van der Waals surface area contributed by atoms with Crippen LogP contribution in [0.4, 0.5) is 0 Å². The normalized spacial score (nSPS) is 23.2. The number of carboxylic acids is 1. The van der Waals surface area contributed by atoms with Crippen LogP contribution in [-0.2, 0) is 16.1 Å². The van der Waals surface area contributed by atoms with E-state index < -0.39 is 5.97 Å². The van der Waals surface area contributed by atoms with E-state index in [1.54, 1.807) is 7.11 Å². The summed E-state index contributed by atoms with van der Waals surface area (Å²) in [5, 5.41) is 12.9. The highest BCUT2D eigenvalue weighted by molar-refractivity contribution is 6.30. The monoisotopic (exact) mass is 269 g/mol. The average Bonchev–Trinajstić information content (AvgIpc) is 2.81. The summed E-state index contributed by atoms with van der Waals surface area (Å²) >= 11 is 6.01. The average molecular weight is 270 g/mol. The van der Waals surface area contributed by atoms with Crippen molar-refractivity contribution >= 4 is 17.6 Å². The van der Waals surface area contributed by atoms with E-state index >= 15 is 0 Å². The Morgan fingerprint density at radius 2 is 2.39 bits per heavy atom. The summed E-state index contributed by atoms with van der Waals surface area (Å²) in [5.41, 5.74) is 2.08. The summed E-state index contributed by atoms with van der Waals surface area (Å²) < 4.78 is 5.16. The zero-order chi connectivity index (χ0) is 13.1. The van der Waals surface area contributed by atoms with Crippen LogP contribution in [0.3, 0.4) is 0 Å². The number of ether oxygens (including phenoxy) is 1. The van der Waals surface area contributed by atoms with Gasteiger partial charge in [-0.1, -0.05) is 17.7 Å². The Morgan fingerprint density at radius 1 is 1.61 bits per heavy atom. The van der Waals surface area contributed by atoms with Gasteiger partial charge in [-0.25, -0.2) is 0 Å². The zero-order valence-corrected chi connectivity index (χ0v) is 10.9. The summed E-state index contributed by atoms with van der Waals surface area (Å²) in [6.07, 6.45) is 0.590. The lowest BCUT2D eigenvalue weighted by Crippen LogP contribution is -2.17. The number of methoxy groups -OCH3 is 1. The lowest BCUT2D eigenvalue weighted by atomic mass is 9.96. The first-order valence-corrected chi connectivity index (χ1v) is 6.23. The second kappa shape index (κ2) is 5.69. The molecule has 2 atom stereocenters.